The summed E-state index contributed by atoms with van der Waals surface area (Å²) in [6, 6.07) is 14.8. The zero-order chi connectivity index (χ0) is 25.2. The van der Waals surface area contributed by atoms with E-state index in [2.05, 4.69) is 31.4 Å². The maximum Gasteiger partial charge on any atom is 0.258 e. The predicted octanol–water partition coefficient (Wildman–Crippen LogP) is 7.11. The molecule has 1 aliphatic carbocycles. The first-order valence-corrected chi connectivity index (χ1v) is 13.0. The van der Waals surface area contributed by atoms with Crippen molar-refractivity contribution in [2.45, 2.75) is 53.9 Å². The molecule has 0 radical (unpaired) electrons. The molecule has 3 aromatic rings. The van der Waals surface area contributed by atoms with E-state index >= 15 is 0 Å². The van der Waals surface area contributed by atoms with Gasteiger partial charge in [-0.1, -0.05) is 38.5 Å². The van der Waals surface area contributed by atoms with Gasteiger partial charge >= 0.3 is 0 Å². The lowest BCUT2D eigenvalue weighted by Gasteiger charge is -2.33. The van der Waals surface area contributed by atoms with Crippen LogP contribution in [0.5, 0.6) is 5.75 Å². The number of carbonyl (C=O) groups excluding carboxylic acids is 2. The molecule has 0 bridgehead atoms. The third-order valence-corrected chi connectivity index (χ3v) is 7.82. The number of hydrogen-bond acceptors (Lipinski definition) is 4. The maximum absolute atomic E-state index is 13.5. The highest BCUT2D eigenvalue weighted by atomic mass is 32.1. The number of rotatable bonds is 6. The molecule has 6 heteroatoms. The maximum atomic E-state index is 13.5. The molecule has 2 aromatic carbocycles. The van der Waals surface area contributed by atoms with Gasteiger partial charge < -0.3 is 15.4 Å². The van der Waals surface area contributed by atoms with Crippen molar-refractivity contribution >= 4 is 33.8 Å². The Labute approximate surface area is 211 Å². The smallest absolute Gasteiger partial charge is 0.258 e. The van der Waals surface area contributed by atoms with Crippen LogP contribution in [0.15, 0.2) is 48.5 Å². The van der Waals surface area contributed by atoms with E-state index in [-0.39, 0.29) is 17.2 Å². The van der Waals surface area contributed by atoms with Crippen LogP contribution < -0.4 is 15.4 Å². The summed E-state index contributed by atoms with van der Waals surface area (Å²) in [6.07, 6.45) is 2.79. The Kier molecular flexibility index (Phi) is 7.31. The second-order valence-electron chi connectivity index (χ2n) is 10.2. The molecule has 35 heavy (non-hydrogen) atoms. The summed E-state index contributed by atoms with van der Waals surface area (Å²) in [6.45, 7) is 11.3. The highest BCUT2D eigenvalue weighted by Crippen LogP contribution is 2.44. The lowest BCUT2D eigenvalue weighted by Crippen LogP contribution is -2.27. The lowest BCUT2D eigenvalue weighted by atomic mass is 9.72. The van der Waals surface area contributed by atoms with Crippen LogP contribution in [-0.2, 0) is 12.8 Å². The first-order valence-electron chi connectivity index (χ1n) is 12.2. The zero-order valence-corrected chi connectivity index (χ0v) is 22.0. The number of hydrogen-bond donors (Lipinski definition) is 2. The number of nitrogens with one attached hydrogen (secondary N) is 2. The number of thiophene rings is 1. The van der Waals surface area contributed by atoms with Gasteiger partial charge in [-0.25, -0.2) is 0 Å². The van der Waals surface area contributed by atoms with Gasteiger partial charge in [-0.2, -0.15) is 0 Å². The molecule has 0 aliphatic heterocycles. The van der Waals surface area contributed by atoms with Gasteiger partial charge in [-0.3, -0.25) is 9.59 Å². The molecule has 2 N–H and O–H groups in total. The topological polar surface area (TPSA) is 67.4 Å². The molecule has 0 saturated heterocycles. The van der Waals surface area contributed by atoms with Crippen LogP contribution in [0.1, 0.15) is 70.8 Å². The molecule has 2 amide bonds. The number of carbonyl (C=O) groups is 2. The molecule has 0 fully saturated rings. The first kappa shape index (κ1) is 25.0. The van der Waals surface area contributed by atoms with Gasteiger partial charge in [-0.15, -0.1) is 11.3 Å². The van der Waals surface area contributed by atoms with E-state index in [9.17, 15) is 9.59 Å². The number of anilines is 2. The average molecular weight is 491 g/mol. The van der Waals surface area contributed by atoms with E-state index in [4.69, 9.17) is 4.74 Å². The normalized spacial score (nSPS) is 15.3. The van der Waals surface area contributed by atoms with Crippen molar-refractivity contribution in [1.29, 1.82) is 0 Å². The van der Waals surface area contributed by atoms with Crippen LogP contribution in [0, 0.1) is 18.3 Å². The van der Waals surface area contributed by atoms with E-state index in [1.807, 2.05) is 56.3 Å². The second-order valence-corrected chi connectivity index (χ2v) is 11.4. The van der Waals surface area contributed by atoms with Gasteiger partial charge in [0.15, 0.2) is 0 Å². The van der Waals surface area contributed by atoms with Crippen molar-refractivity contribution in [3.05, 3.63) is 75.7 Å². The molecular weight excluding hydrogens is 456 g/mol. The average Bonchev–Trinajstić information content (AvgIpc) is 3.17. The molecule has 4 rings (SSSR count). The molecule has 1 unspecified atom stereocenters. The van der Waals surface area contributed by atoms with Crippen molar-refractivity contribution in [3.8, 4) is 5.75 Å². The Bertz CT molecular complexity index is 1220. The fourth-order valence-electron chi connectivity index (χ4n) is 4.61. The Balaban J connectivity index is 1.65. The van der Waals surface area contributed by atoms with Crippen molar-refractivity contribution in [2.24, 2.45) is 11.3 Å². The Morgan fingerprint density at radius 1 is 1.06 bits per heavy atom. The predicted molar refractivity (Wildman–Crippen MR) is 144 cm³/mol. The number of ether oxygens (including phenoxy) is 1. The molecule has 1 aromatic heterocycles. The highest BCUT2D eigenvalue weighted by molar-refractivity contribution is 7.17. The van der Waals surface area contributed by atoms with Gasteiger partial charge in [0.05, 0.1) is 12.2 Å². The van der Waals surface area contributed by atoms with Gasteiger partial charge in [0.25, 0.3) is 11.8 Å². The van der Waals surface area contributed by atoms with Crippen LogP contribution in [-0.4, -0.2) is 18.4 Å². The van der Waals surface area contributed by atoms with Gasteiger partial charge in [0.1, 0.15) is 10.8 Å². The number of benzene rings is 2. The van der Waals surface area contributed by atoms with Crippen molar-refractivity contribution in [2.75, 3.05) is 17.2 Å². The molecule has 1 aliphatic rings. The minimum absolute atomic E-state index is 0.192. The fraction of sp³-hybridized carbons (Fsp3) is 0.379. The van der Waals surface area contributed by atoms with Crippen LogP contribution in [0.25, 0.3) is 0 Å². The van der Waals surface area contributed by atoms with Crippen LogP contribution in [0.3, 0.4) is 0 Å². The fourth-order valence-corrected chi connectivity index (χ4v) is 5.93. The number of aryl methyl sites for hydroxylation is 1. The largest absolute Gasteiger partial charge is 0.494 e. The van der Waals surface area contributed by atoms with Crippen molar-refractivity contribution in [3.63, 3.8) is 0 Å². The summed E-state index contributed by atoms with van der Waals surface area (Å²) < 4.78 is 5.50. The standard InChI is InChI=1S/C29H34N2O3S/c1-6-34-22-13-11-21(12-14-22)30-27(33)25-23-15-10-20(29(3,4)5)17-24(23)35-28(25)31-26(32)19-9-7-8-18(2)16-19/h7-9,11-14,16,20H,6,10,15,17H2,1-5H3,(H,30,33)(H,31,32). The summed E-state index contributed by atoms with van der Waals surface area (Å²) in [5, 5.41) is 6.71. The third kappa shape index (κ3) is 5.76. The van der Waals surface area contributed by atoms with E-state index in [1.165, 1.54) is 4.88 Å². The Hall–Kier alpha value is -3.12. The Morgan fingerprint density at radius 3 is 2.46 bits per heavy atom. The molecule has 1 atom stereocenters. The van der Waals surface area contributed by atoms with Crippen LogP contribution in [0.2, 0.25) is 0 Å². The quantitative estimate of drug-likeness (QED) is 0.387. The minimum atomic E-state index is -0.199. The van der Waals surface area contributed by atoms with E-state index in [0.29, 0.717) is 34.3 Å². The lowest BCUT2D eigenvalue weighted by molar-refractivity contribution is 0.102. The Morgan fingerprint density at radius 2 is 1.80 bits per heavy atom. The van der Waals surface area contributed by atoms with E-state index < -0.39 is 0 Å². The van der Waals surface area contributed by atoms with E-state index in [0.717, 1.165) is 36.1 Å². The van der Waals surface area contributed by atoms with Gasteiger partial charge in [0, 0.05) is 16.1 Å². The highest BCUT2D eigenvalue weighted by Gasteiger charge is 2.34. The summed E-state index contributed by atoms with van der Waals surface area (Å²) in [4.78, 5) is 27.8. The molecule has 0 saturated carbocycles. The van der Waals surface area contributed by atoms with Gasteiger partial charge in [0.2, 0.25) is 0 Å². The SMILES string of the molecule is CCOc1ccc(NC(=O)c2c(NC(=O)c3cccc(C)c3)sc3c2CCC(C(C)(C)C)C3)cc1. The summed E-state index contributed by atoms with van der Waals surface area (Å²) in [5.74, 6) is 0.906. The molecule has 184 valence electrons. The number of amides is 2. The third-order valence-electron chi connectivity index (χ3n) is 6.65. The van der Waals surface area contributed by atoms with Crippen molar-refractivity contribution in [1.82, 2.24) is 0 Å². The monoisotopic (exact) mass is 490 g/mol. The molecule has 1 heterocycles. The number of fused-ring (bicyclic) bond motifs is 1. The van der Waals surface area contributed by atoms with Crippen LogP contribution >= 0.6 is 11.3 Å². The summed E-state index contributed by atoms with van der Waals surface area (Å²) >= 11 is 1.54. The van der Waals surface area contributed by atoms with Gasteiger partial charge in [-0.05, 0) is 86.4 Å². The minimum Gasteiger partial charge on any atom is -0.494 e. The second kappa shape index (κ2) is 10.2. The summed E-state index contributed by atoms with van der Waals surface area (Å²) in [7, 11) is 0. The van der Waals surface area contributed by atoms with E-state index in [1.54, 1.807) is 17.4 Å². The summed E-state index contributed by atoms with van der Waals surface area (Å²) in [5.41, 5.74) is 4.15. The van der Waals surface area contributed by atoms with Crippen molar-refractivity contribution < 1.29 is 14.3 Å². The zero-order valence-electron chi connectivity index (χ0n) is 21.2. The first-order chi connectivity index (χ1) is 16.7. The molecular formula is C29H34N2O3S. The molecule has 5 nitrogen and oxygen atoms in total. The molecule has 0 spiro atoms. The van der Waals surface area contributed by atoms with Crippen LogP contribution in [0.4, 0.5) is 10.7 Å².